The van der Waals surface area contributed by atoms with E-state index >= 15 is 0 Å². The molecule has 5 heteroatoms. The number of carbonyl (C=O) groups is 1. The molecule has 0 aromatic rings. The molecule has 0 aliphatic carbocycles. The number of rotatable bonds is 2. The van der Waals surface area contributed by atoms with E-state index in [-0.39, 0.29) is 35.7 Å². The average molecular weight is 130 g/mol. The van der Waals surface area contributed by atoms with Crippen molar-refractivity contribution in [2.24, 2.45) is 0 Å². The Kier molecular flexibility index (Phi) is 10.6. The second-order valence-corrected chi connectivity index (χ2v) is 1.38. The second-order valence-electron chi connectivity index (χ2n) is 0.707. The van der Waals surface area contributed by atoms with Crippen molar-refractivity contribution in [2.45, 2.75) is 0 Å². The van der Waals surface area contributed by atoms with E-state index in [0.29, 0.717) is 0 Å². The van der Waals surface area contributed by atoms with Gasteiger partial charge in [0.1, 0.15) is 0 Å². The summed E-state index contributed by atoms with van der Waals surface area (Å²) in [6, 6.07) is 0. The molecule has 0 saturated carbocycles. The quantitative estimate of drug-likeness (QED) is 0.302. The first-order chi connectivity index (χ1) is 2.77. The van der Waals surface area contributed by atoms with E-state index < -0.39 is 14.8 Å². The van der Waals surface area contributed by atoms with E-state index in [2.05, 4.69) is 0 Å². The van der Waals surface area contributed by atoms with Crippen LogP contribution in [0.25, 0.3) is 0 Å². The molecule has 0 aromatic carbocycles. The van der Waals surface area contributed by atoms with Gasteiger partial charge in [0, 0.05) is 20.9 Å². The van der Waals surface area contributed by atoms with Crippen LogP contribution in [0.5, 0.6) is 0 Å². The van der Waals surface area contributed by atoms with Crippen molar-refractivity contribution >= 4 is 14.8 Å². The fourth-order valence-corrected chi connectivity index (χ4v) is 0.194. The van der Waals surface area contributed by atoms with Crippen LogP contribution in [-0.2, 0) is 4.79 Å². The zero-order valence-corrected chi connectivity index (χ0v) is 6.97. The van der Waals surface area contributed by atoms with E-state index in [1.54, 1.807) is 0 Å². The standard InChI is InChI=1S/C2H5O3P.Na/c3-2(4)1-6-5;/h5-6H,1H2,(H,3,4);/q;+1/p-1. The van der Waals surface area contributed by atoms with Crippen molar-refractivity contribution in [2.75, 3.05) is 6.16 Å². The van der Waals surface area contributed by atoms with Gasteiger partial charge in [-0.15, -0.1) is 0 Å². The number of carbonyl (C=O) groups excluding carboxylic acids is 1. The topological polar surface area (TPSA) is 60.4 Å². The fourth-order valence-electron chi connectivity index (χ4n) is 0.0645. The Morgan fingerprint density at radius 3 is 2.29 bits per heavy atom. The molecular formula is C2H4NaO3P. The molecule has 1 unspecified atom stereocenters. The first-order valence-electron chi connectivity index (χ1n) is 1.34. The molecule has 0 aromatic heterocycles. The van der Waals surface area contributed by atoms with Gasteiger partial charge in [0.2, 0.25) is 0 Å². The molecule has 1 atom stereocenters. The van der Waals surface area contributed by atoms with Crippen LogP contribution >= 0.6 is 8.81 Å². The van der Waals surface area contributed by atoms with Gasteiger partial charge in [-0.05, 0) is 0 Å². The smallest absolute Gasteiger partial charge is 0.550 e. The fraction of sp³-hybridized carbons (Fsp3) is 0.500. The summed E-state index contributed by atoms with van der Waals surface area (Å²) in [7, 11) is -0.524. The van der Waals surface area contributed by atoms with Crippen LogP contribution in [0.15, 0.2) is 0 Å². The van der Waals surface area contributed by atoms with Crippen LogP contribution < -0.4 is 34.7 Å². The minimum Gasteiger partial charge on any atom is -0.550 e. The molecule has 1 N–H and O–H groups in total. The molecule has 0 heterocycles. The molecule has 36 valence electrons. The molecule has 0 rings (SSSR count). The van der Waals surface area contributed by atoms with Gasteiger partial charge in [-0.3, -0.25) is 0 Å². The molecule has 0 saturated heterocycles. The van der Waals surface area contributed by atoms with Crippen LogP contribution in [-0.4, -0.2) is 17.0 Å². The Balaban J connectivity index is 0. The average Bonchev–Trinajstić information content (AvgIpc) is 1.35. The molecule has 0 radical (unpaired) electrons. The summed E-state index contributed by atoms with van der Waals surface area (Å²) in [6.07, 6.45) is -0.236. The summed E-state index contributed by atoms with van der Waals surface area (Å²) in [4.78, 5) is 17.2. The number of carboxylic acids is 1. The zero-order chi connectivity index (χ0) is 4.99. The summed E-state index contributed by atoms with van der Waals surface area (Å²) in [5, 5.41) is 9.34. The third-order valence-corrected chi connectivity index (χ3v) is 0.670. The Morgan fingerprint density at radius 2 is 2.29 bits per heavy atom. The number of carboxylic acid groups (broad SMARTS) is 1. The number of aliphatic carboxylic acids is 1. The maximum Gasteiger partial charge on any atom is 1.00 e. The Bertz CT molecular complexity index is 56.9. The van der Waals surface area contributed by atoms with Crippen LogP contribution in [0.1, 0.15) is 0 Å². The van der Waals surface area contributed by atoms with E-state index in [0.717, 1.165) is 0 Å². The first kappa shape index (κ1) is 10.8. The third-order valence-electron chi connectivity index (χ3n) is 0.223. The van der Waals surface area contributed by atoms with Crippen molar-refractivity contribution in [3.8, 4) is 0 Å². The van der Waals surface area contributed by atoms with Crippen LogP contribution in [0.2, 0.25) is 0 Å². The molecule has 0 bridgehead atoms. The first-order valence-corrected chi connectivity index (χ1v) is 2.49. The summed E-state index contributed by atoms with van der Waals surface area (Å²) in [6.45, 7) is 0. The maximum absolute atomic E-state index is 9.34. The van der Waals surface area contributed by atoms with Gasteiger partial charge in [0.25, 0.3) is 0 Å². The van der Waals surface area contributed by atoms with Gasteiger partial charge in [-0.25, -0.2) is 0 Å². The SMILES string of the molecule is O=C([O-])CPO.[Na+]. The van der Waals surface area contributed by atoms with Gasteiger partial charge in [0.15, 0.2) is 0 Å². The molecule has 0 amide bonds. The predicted molar refractivity (Wildman–Crippen MR) is 20.4 cm³/mol. The van der Waals surface area contributed by atoms with Crippen LogP contribution in [0, 0.1) is 0 Å². The molecule has 7 heavy (non-hydrogen) atoms. The molecule has 0 aliphatic heterocycles. The summed E-state index contributed by atoms with van der Waals surface area (Å²) in [5.41, 5.74) is 0. The molecule has 0 aliphatic rings. The summed E-state index contributed by atoms with van der Waals surface area (Å²) >= 11 is 0. The summed E-state index contributed by atoms with van der Waals surface area (Å²) < 4.78 is 0. The minimum atomic E-state index is -1.20. The maximum atomic E-state index is 9.34. The number of hydrogen-bond donors (Lipinski definition) is 1. The second kappa shape index (κ2) is 6.86. The predicted octanol–water partition coefficient (Wildman–Crippen LogP) is -4.67. The molecule has 0 fully saturated rings. The van der Waals surface area contributed by atoms with Crippen LogP contribution in [0.3, 0.4) is 0 Å². The van der Waals surface area contributed by atoms with E-state index in [1.165, 1.54) is 0 Å². The van der Waals surface area contributed by atoms with Crippen molar-refractivity contribution < 1.29 is 44.4 Å². The van der Waals surface area contributed by atoms with E-state index in [1.807, 2.05) is 0 Å². The zero-order valence-electron chi connectivity index (χ0n) is 3.97. The van der Waals surface area contributed by atoms with Crippen molar-refractivity contribution in [1.29, 1.82) is 0 Å². The van der Waals surface area contributed by atoms with E-state index in [9.17, 15) is 9.90 Å². The monoisotopic (exact) mass is 130 g/mol. The largest absolute Gasteiger partial charge is 1.00 e. The Hall–Kier alpha value is 0.860. The van der Waals surface area contributed by atoms with Gasteiger partial charge in [-0.2, -0.15) is 0 Å². The van der Waals surface area contributed by atoms with Crippen molar-refractivity contribution in [3.63, 3.8) is 0 Å². The van der Waals surface area contributed by atoms with Gasteiger partial charge in [0.05, 0.1) is 0 Å². The van der Waals surface area contributed by atoms with Crippen LogP contribution in [0.4, 0.5) is 0 Å². The summed E-state index contributed by atoms with van der Waals surface area (Å²) in [5.74, 6) is -1.20. The van der Waals surface area contributed by atoms with E-state index in [4.69, 9.17) is 4.89 Å². The molecule has 0 spiro atoms. The molecular weight excluding hydrogens is 126 g/mol. The van der Waals surface area contributed by atoms with Gasteiger partial charge in [-0.1, -0.05) is 0 Å². The normalized spacial score (nSPS) is 8.71. The Labute approximate surface area is 65.3 Å². The third kappa shape index (κ3) is 10.9. The Morgan fingerprint density at radius 1 is 1.86 bits per heavy atom. The molecule has 3 nitrogen and oxygen atoms in total. The minimum absolute atomic E-state index is 0. The number of hydrogen-bond acceptors (Lipinski definition) is 3. The van der Waals surface area contributed by atoms with Gasteiger partial charge >= 0.3 is 29.6 Å². The van der Waals surface area contributed by atoms with Crippen molar-refractivity contribution in [1.82, 2.24) is 0 Å². The van der Waals surface area contributed by atoms with Crippen molar-refractivity contribution in [3.05, 3.63) is 0 Å². The van der Waals surface area contributed by atoms with Gasteiger partial charge < -0.3 is 14.8 Å².